The smallest absolute Gasteiger partial charge is 0.313 e. The number of rotatable bonds is 4. The van der Waals surface area contributed by atoms with Crippen LogP contribution in [0.2, 0.25) is 0 Å². The first-order valence-electron chi connectivity index (χ1n) is 7.24. The van der Waals surface area contributed by atoms with Crippen LogP contribution in [0.25, 0.3) is 11.0 Å². The fourth-order valence-corrected chi connectivity index (χ4v) is 2.25. The third kappa shape index (κ3) is 3.26. The molecule has 2 aromatic carbocycles. The Balaban J connectivity index is 1.71. The number of carbonyl (C=O) groups excluding carboxylic acids is 1. The Bertz CT molecular complexity index is 883. The van der Waals surface area contributed by atoms with Crippen LogP contribution in [0, 0.1) is 6.92 Å². The average Bonchev–Trinajstić information content (AvgIpc) is 2.96. The van der Waals surface area contributed by atoms with Crippen LogP contribution >= 0.6 is 0 Å². The van der Waals surface area contributed by atoms with Crippen molar-refractivity contribution in [3.05, 3.63) is 59.7 Å². The first-order valence-corrected chi connectivity index (χ1v) is 7.24. The van der Waals surface area contributed by atoms with Gasteiger partial charge in [-0.15, -0.1) is 5.10 Å². The van der Waals surface area contributed by atoms with Crippen LogP contribution in [0.15, 0.2) is 53.7 Å². The number of para-hydroxylation sites is 1. The second-order valence-electron chi connectivity index (χ2n) is 5.26. The molecule has 0 atom stereocenters. The highest BCUT2D eigenvalue weighted by molar-refractivity contribution is 5.92. The first kappa shape index (κ1) is 14.9. The number of hydrogen-bond donors (Lipinski definition) is 0. The van der Waals surface area contributed by atoms with E-state index >= 15 is 0 Å². The van der Waals surface area contributed by atoms with Crippen LogP contribution in [0.4, 0.5) is 0 Å². The zero-order valence-electron chi connectivity index (χ0n) is 12.9. The molecule has 0 bridgehead atoms. The zero-order valence-corrected chi connectivity index (χ0v) is 12.9. The fraction of sp³-hybridized carbons (Fsp3) is 0.176. The molecule has 1 heterocycles. The van der Waals surface area contributed by atoms with Gasteiger partial charge in [-0.2, -0.15) is 0 Å². The van der Waals surface area contributed by atoms with Gasteiger partial charge in [-0.05, 0) is 37.6 Å². The van der Waals surface area contributed by atoms with Gasteiger partial charge in [-0.1, -0.05) is 40.7 Å². The molecule has 23 heavy (non-hydrogen) atoms. The molecule has 0 amide bonds. The molecule has 0 N–H and O–H groups in total. The Hall–Kier alpha value is -3.02. The highest BCUT2D eigenvalue weighted by Crippen LogP contribution is 2.11. The average molecular weight is 308 g/mol. The van der Waals surface area contributed by atoms with Gasteiger partial charge in [0.1, 0.15) is 5.52 Å². The molecular weight excluding hydrogens is 292 g/mol. The quantitative estimate of drug-likeness (QED) is 0.422. The largest absolute Gasteiger partial charge is 0.365 e. The van der Waals surface area contributed by atoms with Gasteiger partial charge in [-0.3, -0.25) is 0 Å². The lowest BCUT2D eigenvalue weighted by Crippen LogP contribution is -2.11. The van der Waals surface area contributed by atoms with Gasteiger partial charge in [0.15, 0.2) is 0 Å². The lowest BCUT2D eigenvalue weighted by atomic mass is 10.1. The molecule has 0 unspecified atom stereocenters. The summed E-state index contributed by atoms with van der Waals surface area (Å²) in [5.41, 5.74) is 3.72. The van der Waals surface area contributed by atoms with Crippen LogP contribution in [0.5, 0.6) is 0 Å². The minimum atomic E-state index is -0.467. The fourth-order valence-electron chi connectivity index (χ4n) is 2.25. The Kier molecular flexibility index (Phi) is 4.14. The van der Waals surface area contributed by atoms with E-state index in [2.05, 4.69) is 15.5 Å². The third-order valence-electron chi connectivity index (χ3n) is 3.45. The molecule has 1 aromatic heterocycles. The van der Waals surface area contributed by atoms with Crippen molar-refractivity contribution >= 4 is 22.7 Å². The van der Waals surface area contributed by atoms with E-state index in [1.54, 1.807) is 23.7 Å². The summed E-state index contributed by atoms with van der Waals surface area (Å²) < 4.78 is 1.72. The second-order valence-corrected chi connectivity index (χ2v) is 5.26. The summed E-state index contributed by atoms with van der Waals surface area (Å²) in [4.78, 5) is 17.0. The standard InChI is InChI=1S/C17H16N4O2/c1-12-7-3-4-8-14(12)17(22)23-19-13(2)11-21-16-10-6-5-9-15(16)18-20-21/h3-10H,11H2,1-2H3. The molecule has 3 aromatic rings. The maximum absolute atomic E-state index is 12.0. The van der Waals surface area contributed by atoms with Crippen molar-refractivity contribution < 1.29 is 9.63 Å². The topological polar surface area (TPSA) is 69.4 Å². The SMILES string of the molecule is CC(Cn1nnc2ccccc21)=NOC(=O)c1ccccc1C. The molecule has 6 nitrogen and oxygen atoms in total. The molecule has 0 spiro atoms. The number of carbonyl (C=O) groups is 1. The Morgan fingerprint density at radius 1 is 1.17 bits per heavy atom. The molecule has 0 fully saturated rings. The van der Waals surface area contributed by atoms with Crippen molar-refractivity contribution in [2.45, 2.75) is 20.4 Å². The van der Waals surface area contributed by atoms with Gasteiger partial charge in [0.25, 0.3) is 0 Å². The van der Waals surface area contributed by atoms with Gasteiger partial charge in [0, 0.05) is 0 Å². The van der Waals surface area contributed by atoms with E-state index in [0.717, 1.165) is 16.6 Å². The summed E-state index contributed by atoms with van der Waals surface area (Å²) in [7, 11) is 0. The van der Waals surface area contributed by atoms with Gasteiger partial charge in [0.05, 0.1) is 23.3 Å². The number of oxime groups is 1. The van der Waals surface area contributed by atoms with Crippen LogP contribution in [-0.4, -0.2) is 26.7 Å². The number of aryl methyl sites for hydroxylation is 1. The van der Waals surface area contributed by atoms with E-state index in [9.17, 15) is 4.79 Å². The molecule has 0 saturated heterocycles. The number of nitrogens with zero attached hydrogens (tertiary/aromatic N) is 4. The van der Waals surface area contributed by atoms with Crippen molar-refractivity contribution in [2.24, 2.45) is 5.16 Å². The highest BCUT2D eigenvalue weighted by Gasteiger charge is 2.10. The molecule has 3 rings (SSSR count). The minimum absolute atomic E-state index is 0.404. The minimum Gasteiger partial charge on any atom is -0.313 e. The van der Waals surface area contributed by atoms with Crippen molar-refractivity contribution in [2.75, 3.05) is 0 Å². The van der Waals surface area contributed by atoms with Crippen LogP contribution in [0.1, 0.15) is 22.8 Å². The van der Waals surface area contributed by atoms with Crippen LogP contribution in [-0.2, 0) is 11.4 Å². The molecule has 0 radical (unpaired) electrons. The summed E-state index contributed by atoms with van der Waals surface area (Å²) in [6, 6.07) is 14.9. The van der Waals surface area contributed by atoms with E-state index in [0.29, 0.717) is 17.8 Å². The maximum atomic E-state index is 12.0. The summed E-state index contributed by atoms with van der Waals surface area (Å²) in [6.45, 7) is 4.04. The summed E-state index contributed by atoms with van der Waals surface area (Å²) >= 11 is 0. The molecule has 0 aliphatic heterocycles. The number of aromatic nitrogens is 3. The van der Waals surface area contributed by atoms with Crippen molar-refractivity contribution in [3.63, 3.8) is 0 Å². The molecule has 6 heteroatoms. The molecule has 0 aliphatic rings. The number of hydrogen-bond acceptors (Lipinski definition) is 5. The molecule has 0 aliphatic carbocycles. The number of fused-ring (bicyclic) bond motifs is 1. The predicted molar refractivity (Wildman–Crippen MR) is 87.2 cm³/mol. The molecular formula is C17H16N4O2. The zero-order chi connectivity index (χ0) is 16.2. The summed E-state index contributed by atoms with van der Waals surface area (Å²) in [5.74, 6) is -0.467. The van der Waals surface area contributed by atoms with E-state index < -0.39 is 5.97 Å². The highest BCUT2D eigenvalue weighted by atomic mass is 16.7. The lowest BCUT2D eigenvalue weighted by molar-refractivity contribution is 0.0514. The summed E-state index contributed by atoms with van der Waals surface area (Å²) in [6.07, 6.45) is 0. The molecule has 0 saturated carbocycles. The van der Waals surface area contributed by atoms with Crippen molar-refractivity contribution in [1.29, 1.82) is 0 Å². The number of benzene rings is 2. The third-order valence-corrected chi connectivity index (χ3v) is 3.45. The monoisotopic (exact) mass is 308 g/mol. The van der Waals surface area contributed by atoms with Crippen molar-refractivity contribution in [1.82, 2.24) is 15.0 Å². The Morgan fingerprint density at radius 2 is 1.91 bits per heavy atom. The van der Waals surface area contributed by atoms with Gasteiger partial charge in [0.2, 0.25) is 0 Å². The van der Waals surface area contributed by atoms with E-state index in [4.69, 9.17) is 4.84 Å². The normalized spacial score (nSPS) is 11.7. The Labute approximate surface area is 133 Å². The summed E-state index contributed by atoms with van der Waals surface area (Å²) in [5, 5.41) is 12.1. The predicted octanol–water partition coefficient (Wildman–Crippen LogP) is 2.97. The van der Waals surface area contributed by atoms with Gasteiger partial charge >= 0.3 is 5.97 Å². The van der Waals surface area contributed by atoms with Gasteiger partial charge in [-0.25, -0.2) is 9.48 Å². The second kappa shape index (κ2) is 6.39. The first-order chi connectivity index (χ1) is 11.1. The van der Waals surface area contributed by atoms with Crippen molar-refractivity contribution in [3.8, 4) is 0 Å². The van der Waals surface area contributed by atoms with Crippen LogP contribution in [0.3, 0.4) is 0 Å². The molecule has 116 valence electrons. The van der Waals surface area contributed by atoms with E-state index in [-0.39, 0.29) is 0 Å². The van der Waals surface area contributed by atoms with E-state index in [1.165, 1.54) is 0 Å². The lowest BCUT2D eigenvalue weighted by Gasteiger charge is -2.04. The van der Waals surface area contributed by atoms with Crippen LogP contribution < -0.4 is 0 Å². The van der Waals surface area contributed by atoms with Gasteiger partial charge < -0.3 is 4.84 Å². The maximum Gasteiger partial charge on any atom is 0.365 e. The van der Waals surface area contributed by atoms with E-state index in [1.807, 2.05) is 43.3 Å². The Morgan fingerprint density at radius 3 is 2.74 bits per heavy atom.